The van der Waals surface area contributed by atoms with E-state index in [4.69, 9.17) is 11.6 Å². The third-order valence-electron chi connectivity index (χ3n) is 5.26. The molecule has 3 rings (SSSR count). The second-order valence-corrected chi connectivity index (χ2v) is 8.01. The Kier molecular flexibility index (Phi) is 6.53. The van der Waals surface area contributed by atoms with Crippen LogP contribution in [0.1, 0.15) is 30.5 Å². The number of benzene rings is 2. The summed E-state index contributed by atoms with van der Waals surface area (Å²) >= 11 is 6.25. The van der Waals surface area contributed by atoms with E-state index in [1.54, 1.807) is 12.2 Å². The van der Waals surface area contributed by atoms with Gasteiger partial charge in [0.25, 0.3) is 0 Å². The molecule has 0 bridgehead atoms. The van der Waals surface area contributed by atoms with Gasteiger partial charge in [-0.3, -0.25) is 9.69 Å². The standard InChI is InChI=1S/C23H26ClFN2O/c1-16-4-7-20(22(24)12-16)8-11-23(28)27-14-17(2)26(13-18(27)3)15-19-5-9-21(25)10-6-19/h4-12,17-18H,13-15H2,1-3H3/t17-,18+/m1/s1. The van der Waals surface area contributed by atoms with E-state index >= 15 is 0 Å². The minimum absolute atomic E-state index is 0.00239. The summed E-state index contributed by atoms with van der Waals surface area (Å²) in [7, 11) is 0. The molecule has 1 aliphatic heterocycles. The first-order chi connectivity index (χ1) is 13.3. The molecule has 28 heavy (non-hydrogen) atoms. The lowest BCUT2D eigenvalue weighted by Crippen LogP contribution is -2.57. The highest BCUT2D eigenvalue weighted by Gasteiger charge is 2.30. The van der Waals surface area contributed by atoms with E-state index in [1.165, 1.54) is 12.1 Å². The highest BCUT2D eigenvalue weighted by atomic mass is 35.5. The zero-order valence-electron chi connectivity index (χ0n) is 16.5. The highest BCUT2D eigenvalue weighted by molar-refractivity contribution is 6.32. The van der Waals surface area contributed by atoms with Gasteiger partial charge in [0, 0.05) is 42.8 Å². The maximum atomic E-state index is 13.1. The fourth-order valence-electron chi connectivity index (χ4n) is 3.57. The first-order valence-electron chi connectivity index (χ1n) is 9.57. The van der Waals surface area contributed by atoms with Gasteiger partial charge >= 0.3 is 0 Å². The number of rotatable bonds is 4. The molecule has 2 aromatic carbocycles. The molecule has 1 amide bonds. The van der Waals surface area contributed by atoms with Crippen LogP contribution in [0, 0.1) is 12.7 Å². The van der Waals surface area contributed by atoms with E-state index in [9.17, 15) is 9.18 Å². The van der Waals surface area contributed by atoms with Crippen LogP contribution in [-0.2, 0) is 11.3 Å². The van der Waals surface area contributed by atoms with Gasteiger partial charge in [-0.25, -0.2) is 4.39 Å². The van der Waals surface area contributed by atoms with Crippen molar-refractivity contribution in [2.45, 2.75) is 39.4 Å². The molecular weight excluding hydrogens is 375 g/mol. The van der Waals surface area contributed by atoms with Gasteiger partial charge in [0.15, 0.2) is 0 Å². The van der Waals surface area contributed by atoms with Gasteiger partial charge < -0.3 is 4.90 Å². The highest BCUT2D eigenvalue weighted by Crippen LogP contribution is 2.21. The summed E-state index contributed by atoms with van der Waals surface area (Å²) in [6.07, 6.45) is 3.39. The zero-order chi connectivity index (χ0) is 20.3. The van der Waals surface area contributed by atoms with Crippen molar-refractivity contribution in [1.82, 2.24) is 9.80 Å². The molecule has 1 aliphatic rings. The summed E-state index contributed by atoms with van der Waals surface area (Å²) < 4.78 is 13.1. The van der Waals surface area contributed by atoms with Crippen LogP contribution in [0.4, 0.5) is 4.39 Å². The molecule has 1 heterocycles. The van der Waals surface area contributed by atoms with Gasteiger partial charge in [-0.05, 0) is 61.7 Å². The van der Waals surface area contributed by atoms with E-state index in [1.807, 2.05) is 42.2 Å². The van der Waals surface area contributed by atoms with E-state index in [-0.39, 0.29) is 23.8 Å². The Balaban J connectivity index is 1.63. The molecule has 0 spiro atoms. The van der Waals surface area contributed by atoms with Gasteiger partial charge in [-0.2, -0.15) is 0 Å². The molecule has 1 fully saturated rings. The predicted molar refractivity (Wildman–Crippen MR) is 113 cm³/mol. The number of nitrogens with zero attached hydrogens (tertiary/aromatic N) is 2. The Morgan fingerprint density at radius 2 is 1.86 bits per heavy atom. The fourth-order valence-corrected chi connectivity index (χ4v) is 3.87. The van der Waals surface area contributed by atoms with Crippen LogP contribution < -0.4 is 0 Å². The number of amides is 1. The number of hydrogen-bond acceptors (Lipinski definition) is 2. The quantitative estimate of drug-likeness (QED) is 0.680. The van der Waals surface area contributed by atoms with Crippen LogP contribution in [0.25, 0.3) is 6.08 Å². The number of halogens is 2. The fraction of sp³-hybridized carbons (Fsp3) is 0.348. The van der Waals surface area contributed by atoms with Gasteiger partial charge in [-0.15, -0.1) is 0 Å². The molecule has 1 saturated heterocycles. The number of carbonyl (C=O) groups is 1. The number of aryl methyl sites for hydroxylation is 1. The Labute approximate surface area is 171 Å². The van der Waals surface area contributed by atoms with Crippen molar-refractivity contribution in [2.24, 2.45) is 0 Å². The molecule has 2 atom stereocenters. The van der Waals surface area contributed by atoms with E-state index in [0.29, 0.717) is 11.6 Å². The van der Waals surface area contributed by atoms with Gasteiger partial charge in [-0.1, -0.05) is 35.9 Å². The van der Waals surface area contributed by atoms with Crippen LogP contribution >= 0.6 is 11.6 Å². The van der Waals surface area contributed by atoms with Gasteiger partial charge in [0.2, 0.25) is 5.91 Å². The largest absolute Gasteiger partial charge is 0.334 e. The lowest BCUT2D eigenvalue weighted by Gasteiger charge is -2.44. The van der Waals surface area contributed by atoms with Crippen LogP contribution in [-0.4, -0.2) is 40.9 Å². The zero-order valence-corrected chi connectivity index (χ0v) is 17.3. The van der Waals surface area contributed by atoms with Crippen LogP contribution in [0.5, 0.6) is 0 Å². The molecule has 5 heteroatoms. The smallest absolute Gasteiger partial charge is 0.246 e. The Hall–Kier alpha value is -2.17. The van der Waals surface area contributed by atoms with Crippen molar-refractivity contribution in [3.05, 3.63) is 76.1 Å². The van der Waals surface area contributed by atoms with Crippen LogP contribution in [0.2, 0.25) is 5.02 Å². The number of piperazine rings is 1. The molecular formula is C23H26ClFN2O. The first kappa shape index (κ1) is 20.6. The maximum Gasteiger partial charge on any atom is 0.246 e. The van der Waals surface area contributed by atoms with Crippen molar-refractivity contribution < 1.29 is 9.18 Å². The average Bonchev–Trinajstić information content (AvgIpc) is 2.65. The van der Waals surface area contributed by atoms with Crippen LogP contribution in [0.15, 0.2) is 48.5 Å². The van der Waals surface area contributed by atoms with Crippen molar-refractivity contribution in [3.8, 4) is 0 Å². The molecule has 148 valence electrons. The van der Waals surface area contributed by atoms with Gasteiger partial charge in [0.05, 0.1) is 0 Å². The maximum absolute atomic E-state index is 13.1. The third kappa shape index (κ3) is 5.00. The Bertz CT molecular complexity index is 865. The normalized spacial score (nSPS) is 20.7. The summed E-state index contributed by atoms with van der Waals surface area (Å²) in [6, 6.07) is 12.7. The number of carbonyl (C=O) groups excluding carboxylic acids is 1. The van der Waals surface area contributed by atoms with Crippen molar-refractivity contribution in [2.75, 3.05) is 13.1 Å². The monoisotopic (exact) mass is 400 g/mol. The summed E-state index contributed by atoms with van der Waals surface area (Å²) in [4.78, 5) is 17.0. The molecule has 0 aromatic heterocycles. The van der Waals surface area contributed by atoms with Crippen molar-refractivity contribution >= 4 is 23.6 Å². The van der Waals surface area contributed by atoms with Crippen molar-refractivity contribution in [1.29, 1.82) is 0 Å². The molecule has 0 radical (unpaired) electrons. The van der Waals surface area contributed by atoms with E-state index < -0.39 is 0 Å². The molecule has 0 saturated carbocycles. The van der Waals surface area contributed by atoms with E-state index in [2.05, 4.69) is 18.7 Å². The minimum Gasteiger partial charge on any atom is -0.334 e. The topological polar surface area (TPSA) is 23.6 Å². The van der Waals surface area contributed by atoms with E-state index in [0.717, 1.165) is 29.8 Å². The lowest BCUT2D eigenvalue weighted by molar-refractivity contribution is -0.131. The second kappa shape index (κ2) is 8.89. The first-order valence-corrected chi connectivity index (χ1v) is 9.94. The van der Waals surface area contributed by atoms with Gasteiger partial charge in [0.1, 0.15) is 5.82 Å². The summed E-state index contributed by atoms with van der Waals surface area (Å²) in [5.41, 5.74) is 3.01. The van der Waals surface area contributed by atoms with Crippen LogP contribution in [0.3, 0.4) is 0 Å². The molecule has 0 N–H and O–H groups in total. The van der Waals surface area contributed by atoms with Crippen molar-refractivity contribution in [3.63, 3.8) is 0 Å². The third-order valence-corrected chi connectivity index (χ3v) is 5.59. The lowest BCUT2D eigenvalue weighted by atomic mass is 10.1. The molecule has 2 aromatic rings. The second-order valence-electron chi connectivity index (χ2n) is 7.60. The summed E-state index contributed by atoms with van der Waals surface area (Å²) in [5.74, 6) is -0.224. The predicted octanol–water partition coefficient (Wildman–Crippen LogP) is 4.92. The average molecular weight is 401 g/mol. The SMILES string of the molecule is Cc1ccc(C=CC(=O)N2C[C@@H](C)N(Cc3ccc(F)cc3)C[C@@H]2C)c(Cl)c1. The Morgan fingerprint density at radius 1 is 1.14 bits per heavy atom. The number of hydrogen-bond donors (Lipinski definition) is 0. The molecule has 0 aliphatic carbocycles. The summed E-state index contributed by atoms with van der Waals surface area (Å²) in [6.45, 7) is 8.36. The molecule has 0 unspecified atom stereocenters. The Morgan fingerprint density at radius 3 is 2.54 bits per heavy atom. The summed E-state index contributed by atoms with van der Waals surface area (Å²) in [5, 5.41) is 0.648. The minimum atomic E-state index is -0.221. The molecule has 3 nitrogen and oxygen atoms in total.